The molecule has 1 fully saturated rings. The molecule has 0 saturated heterocycles. The summed E-state index contributed by atoms with van der Waals surface area (Å²) in [5.41, 5.74) is 0. The van der Waals surface area contributed by atoms with Crippen molar-refractivity contribution in [3.8, 4) is 0 Å². The Morgan fingerprint density at radius 3 is 2.63 bits per heavy atom. The molecule has 0 amide bonds. The lowest BCUT2D eigenvalue weighted by Crippen LogP contribution is -2.31. The molecule has 0 aliphatic heterocycles. The van der Waals surface area contributed by atoms with Crippen LogP contribution < -0.4 is 0 Å². The Bertz CT molecular complexity index is 535. The van der Waals surface area contributed by atoms with Gasteiger partial charge in [0.05, 0.1) is 10.4 Å². The summed E-state index contributed by atoms with van der Waals surface area (Å²) in [7, 11) is -1.83. The molecule has 0 bridgehead atoms. The van der Waals surface area contributed by atoms with E-state index in [-0.39, 0.29) is 11.5 Å². The van der Waals surface area contributed by atoms with Crippen molar-refractivity contribution in [2.75, 3.05) is 13.6 Å². The van der Waals surface area contributed by atoms with E-state index in [1.807, 2.05) is 0 Å². The zero-order chi connectivity index (χ0) is 14.0. The van der Waals surface area contributed by atoms with Crippen LogP contribution in [-0.4, -0.2) is 31.4 Å². The Morgan fingerprint density at radius 2 is 2.11 bits per heavy atom. The third kappa shape index (κ3) is 3.39. The first kappa shape index (κ1) is 15.4. The van der Waals surface area contributed by atoms with Crippen LogP contribution in [0.25, 0.3) is 0 Å². The quantitative estimate of drug-likeness (QED) is 0.870. The van der Waals surface area contributed by atoms with Crippen molar-refractivity contribution in [3.05, 3.63) is 14.7 Å². The highest BCUT2D eigenvalue weighted by atomic mass is 79.9. The molecule has 1 aliphatic carbocycles. The Balaban J connectivity index is 2.17. The number of nitrogens with zero attached hydrogens (tertiary/aromatic N) is 1. The zero-order valence-electron chi connectivity index (χ0n) is 10.8. The molecular formula is C12H18BrNO3S2. The van der Waals surface area contributed by atoms with Crippen LogP contribution in [0.15, 0.2) is 14.7 Å². The second-order valence-corrected chi connectivity index (χ2v) is 9.41. The third-order valence-corrected chi connectivity index (χ3v) is 7.60. The van der Waals surface area contributed by atoms with E-state index in [0.29, 0.717) is 21.1 Å². The monoisotopic (exact) mass is 367 g/mol. The van der Waals surface area contributed by atoms with E-state index in [1.54, 1.807) is 13.1 Å². The summed E-state index contributed by atoms with van der Waals surface area (Å²) in [4.78, 5) is 0.918. The third-order valence-electron chi connectivity index (χ3n) is 3.54. The molecule has 1 heterocycles. The zero-order valence-corrected chi connectivity index (χ0v) is 14.0. The fraction of sp³-hybridized carbons (Fsp3) is 0.667. The molecule has 0 unspecified atom stereocenters. The lowest BCUT2D eigenvalue weighted by Gasteiger charge is -2.20. The van der Waals surface area contributed by atoms with Crippen LogP contribution in [0.4, 0.5) is 0 Å². The maximum absolute atomic E-state index is 12.5. The molecule has 108 valence electrons. The Kier molecular flexibility index (Phi) is 5.05. The minimum atomic E-state index is -3.46. The smallest absolute Gasteiger partial charge is 0.244 e. The SMILES string of the molecule is CN(CC1CCCC1)S(=O)(=O)c1cc(CO)sc1Br. The van der Waals surface area contributed by atoms with Gasteiger partial charge in [0.25, 0.3) is 0 Å². The van der Waals surface area contributed by atoms with Crippen molar-refractivity contribution >= 4 is 37.3 Å². The number of aliphatic hydroxyl groups is 1. The van der Waals surface area contributed by atoms with Gasteiger partial charge in [-0.05, 0) is 40.8 Å². The van der Waals surface area contributed by atoms with Crippen LogP contribution >= 0.6 is 27.3 Å². The number of aliphatic hydroxyl groups excluding tert-OH is 1. The van der Waals surface area contributed by atoms with E-state index < -0.39 is 10.0 Å². The highest BCUT2D eigenvalue weighted by Gasteiger charge is 2.28. The average molecular weight is 368 g/mol. The van der Waals surface area contributed by atoms with Gasteiger partial charge in [-0.25, -0.2) is 12.7 Å². The lowest BCUT2D eigenvalue weighted by molar-refractivity contribution is 0.285. The van der Waals surface area contributed by atoms with Gasteiger partial charge in [0.15, 0.2) is 0 Å². The first-order valence-corrected chi connectivity index (χ1v) is 9.35. The van der Waals surface area contributed by atoms with Crippen molar-refractivity contribution in [2.24, 2.45) is 5.92 Å². The van der Waals surface area contributed by atoms with E-state index in [4.69, 9.17) is 5.11 Å². The Hall–Kier alpha value is 0.0500. The fourth-order valence-corrected chi connectivity index (χ4v) is 6.21. The number of halogens is 1. The first-order chi connectivity index (χ1) is 8.95. The second-order valence-electron chi connectivity index (χ2n) is 4.94. The van der Waals surface area contributed by atoms with Crippen molar-refractivity contribution in [1.82, 2.24) is 4.31 Å². The maximum atomic E-state index is 12.5. The molecule has 7 heteroatoms. The summed E-state index contributed by atoms with van der Waals surface area (Å²) >= 11 is 4.54. The predicted octanol–water partition coefficient (Wildman–Crippen LogP) is 2.81. The topological polar surface area (TPSA) is 57.6 Å². The number of thiophene rings is 1. The molecule has 19 heavy (non-hydrogen) atoms. The largest absolute Gasteiger partial charge is 0.391 e. The molecule has 1 N–H and O–H groups in total. The van der Waals surface area contributed by atoms with Gasteiger partial charge in [-0.1, -0.05) is 12.8 Å². The Labute approximate surface area is 126 Å². The number of sulfonamides is 1. The van der Waals surface area contributed by atoms with Gasteiger partial charge in [-0.15, -0.1) is 11.3 Å². The standard InChI is InChI=1S/C12H18BrNO3S2/c1-14(7-9-4-2-3-5-9)19(16,17)11-6-10(8-15)18-12(11)13/h6,9,15H,2-5,7-8H2,1H3. The summed E-state index contributed by atoms with van der Waals surface area (Å²) in [5, 5.41) is 9.09. The number of hydrogen-bond donors (Lipinski definition) is 1. The van der Waals surface area contributed by atoms with Crippen molar-refractivity contribution in [3.63, 3.8) is 0 Å². The van der Waals surface area contributed by atoms with Gasteiger partial charge in [0.1, 0.15) is 4.90 Å². The highest BCUT2D eigenvalue weighted by Crippen LogP contribution is 2.34. The summed E-state index contributed by atoms with van der Waals surface area (Å²) in [6.45, 7) is 0.449. The van der Waals surface area contributed by atoms with Gasteiger partial charge < -0.3 is 5.11 Å². The van der Waals surface area contributed by atoms with E-state index in [0.717, 1.165) is 12.8 Å². The van der Waals surface area contributed by atoms with Gasteiger partial charge in [-0.2, -0.15) is 0 Å². The summed E-state index contributed by atoms with van der Waals surface area (Å²) in [6, 6.07) is 1.55. The normalized spacial score (nSPS) is 17.5. The molecule has 1 saturated carbocycles. The minimum Gasteiger partial charge on any atom is -0.391 e. The average Bonchev–Trinajstić information content (AvgIpc) is 2.98. The molecule has 1 aromatic rings. The predicted molar refractivity (Wildman–Crippen MR) is 79.7 cm³/mol. The molecule has 2 rings (SSSR count). The van der Waals surface area contributed by atoms with E-state index in [9.17, 15) is 8.42 Å². The van der Waals surface area contributed by atoms with E-state index in [1.165, 1.54) is 28.5 Å². The van der Waals surface area contributed by atoms with Gasteiger partial charge in [0, 0.05) is 18.5 Å². The van der Waals surface area contributed by atoms with Crippen LogP contribution in [0.5, 0.6) is 0 Å². The Morgan fingerprint density at radius 1 is 1.47 bits per heavy atom. The number of rotatable bonds is 5. The molecule has 1 aromatic heterocycles. The van der Waals surface area contributed by atoms with Crippen LogP contribution in [-0.2, 0) is 16.6 Å². The van der Waals surface area contributed by atoms with Gasteiger partial charge >= 0.3 is 0 Å². The summed E-state index contributed by atoms with van der Waals surface area (Å²) in [5.74, 6) is 0.481. The fourth-order valence-electron chi connectivity index (χ4n) is 2.47. The molecule has 4 nitrogen and oxygen atoms in total. The highest BCUT2D eigenvalue weighted by molar-refractivity contribution is 9.11. The molecule has 0 aromatic carbocycles. The second kappa shape index (κ2) is 6.22. The van der Waals surface area contributed by atoms with Crippen molar-refractivity contribution < 1.29 is 13.5 Å². The molecule has 0 atom stereocenters. The molecule has 1 aliphatic rings. The summed E-state index contributed by atoms with van der Waals surface area (Å²) in [6.07, 6.45) is 4.64. The molecule has 0 spiro atoms. The van der Waals surface area contributed by atoms with Crippen molar-refractivity contribution in [2.45, 2.75) is 37.2 Å². The van der Waals surface area contributed by atoms with Crippen molar-refractivity contribution in [1.29, 1.82) is 0 Å². The van der Waals surface area contributed by atoms with Gasteiger partial charge in [-0.3, -0.25) is 0 Å². The molecule has 0 radical (unpaired) electrons. The molecular weight excluding hydrogens is 350 g/mol. The van der Waals surface area contributed by atoms with Crippen LogP contribution in [0, 0.1) is 5.92 Å². The van der Waals surface area contributed by atoms with Crippen LogP contribution in [0.1, 0.15) is 30.6 Å². The maximum Gasteiger partial charge on any atom is 0.244 e. The van der Waals surface area contributed by atoms with Gasteiger partial charge in [0.2, 0.25) is 10.0 Å². The van der Waals surface area contributed by atoms with Crippen LogP contribution in [0.3, 0.4) is 0 Å². The number of hydrogen-bond acceptors (Lipinski definition) is 4. The minimum absolute atomic E-state index is 0.134. The summed E-state index contributed by atoms with van der Waals surface area (Å²) < 4.78 is 27.0. The lowest BCUT2D eigenvalue weighted by atomic mass is 10.1. The van der Waals surface area contributed by atoms with Crippen LogP contribution in [0.2, 0.25) is 0 Å². The first-order valence-electron chi connectivity index (χ1n) is 6.30. The van der Waals surface area contributed by atoms with E-state index >= 15 is 0 Å². The van der Waals surface area contributed by atoms with E-state index in [2.05, 4.69) is 15.9 Å².